The van der Waals surface area contributed by atoms with E-state index in [1.165, 1.54) is 11.3 Å². The van der Waals surface area contributed by atoms with Crippen molar-refractivity contribution in [3.8, 4) is 11.3 Å². The van der Waals surface area contributed by atoms with Crippen LogP contribution >= 0.6 is 11.3 Å². The van der Waals surface area contributed by atoms with E-state index < -0.39 is 9.84 Å². The molecule has 5 heterocycles. The lowest BCUT2D eigenvalue weighted by Crippen LogP contribution is -2.50. The van der Waals surface area contributed by atoms with Gasteiger partial charge in [-0.25, -0.2) is 13.4 Å². The highest BCUT2D eigenvalue weighted by Crippen LogP contribution is 2.31. The quantitative estimate of drug-likeness (QED) is 0.665. The molecule has 29 heavy (non-hydrogen) atoms. The highest BCUT2D eigenvalue weighted by Gasteiger charge is 2.33. The second-order valence-corrected chi connectivity index (χ2v) is 10.8. The van der Waals surface area contributed by atoms with Crippen LogP contribution in [0.15, 0.2) is 33.0 Å². The smallest absolute Gasteiger partial charge is 0.260 e. The number of aromatic amines is 1. The molecule has 1 atom stereocenters. The van der Waals surface area contributed by atoms with Crippen molar-refractivity contribution in [1.29, 1.82) is 0 Å². The molecule has 3 aromatic rings. The predicted octanol–water partition coefficient (Wildman–Crippen LogP) is 1.55. The molecular formula is C19H22N4O4S2. The summed E-state index contributed by atoms with van der Waals surface area (Å²) in [7, 11) is -2.86. The molecule has 2 saturated heterocycles. The molecule has 0 radical (unpaired) electrons. The summed E-state index contributed by atoms with van der Waals surface area (Å²) in [6.07, 6.45) is 2.33. The van der Waals surface area contributed by atoms with Crippen LogP contribution in [0, 0.1) is 0 Å². The zero-order chi connectivity index (χ0) is 20.0. The van der Waals surface area contributed by atoms with Gasteiger partial charge in [-0.2, -0.15) is 0 Å². The Morgan fingerprint density at radius 3 is 2.79 bits per heavy atom. The summed E-state index contributed by atoms with van der Waals surface area (Å²) in [5.41, 5.74) is 0.628. The van der Waals surface area contributed by atoms with Gasteiger partial charge in [-0.15, -0.1) is 11.3 Å². The Morgan fingerprint density at radius 2 is 2.10 bits per heavy atom. The number of thiophene rings is 1. The van der Waals surface area contributed by atoms with E-state index in [-0.39, 0.29) is 17.4 Å². The van der Waals surface area contributed by atoms with Gasteiger partial charge in [-0.1, -0.05) is 0 Å². The van der Waals surface area contributed by atoms with Crippen LogP contribution in [0.4, 0.5) is 0 Å². The number of hydrogen-bond donors (Lipinski definition) is 1. The molecule has 0 spiro atoms. The minimum atomic E-state index is -2.86. The van der Waals surface area contributed by atoms with Crippen LogP contribution in [0.1, 0.15) is 12.2 Å². The molecule has 10 heteroatoms. The van der Waals surface area contributed by atoms with Crippen molar-refractivity contribution in [2.75, 3.05) is 37.7 Å². The Bertz CT molecular complexity index is 1170. The highest BCUT2D eigenvalue weighted by atomic mass is 32.2. The Balaban J connectivity index is 1.28. The molecule has 1 N–H and O–H groups in total. The van der Waals surface area contributed by atoms with Gasteiger partial charge in [0.05, 0.1) is 29.7 Å². The first-order chi connectivity index (χ1) is 14.0. The van der Waals surface area contributed by atoms with Gasteiger partial charge in [-0.05, 0) is 18.6 Å². The maximum Gasteiger partial charge on any atom is 0.260 e. The number of H-pyrrole nitrogens is 1. The maximum atomic E-state index is 12.7. The Labute approximate surface area is 172 Å². The zero-order valence-corrected chi connectivity index (χ0v) is 17.5. The average Bonchev–Trinajstić information content (AvgIpc) is 3.41. The number of furan rings is 1. The third-order valence-electron chi connectivity index (χ3n) is 5.78. The molecule has 0 saturated carbocycles. The second kappa shape index (κ2) is 7.35. The molecule has 0 unspecified atom stereocenters. The number of fused-ring (bicyclic) bond motifs is 1. The van der Waals surface area contributed by atoms with Gasteiger partial charge < -0.3 is 9.40 Å². The SMILES string of the molecule is O=c1[nH]c(CN2CCN([C@@H]3CCS(=O)(=O)C3)CC2)nc2scc(-c3ccco3)c12. The van der Waals surface area contributed by atoms with Gasteiger partial charge in [0, 0.05) is 43.2 Å². The van der Waals surface area contributed by atoms with Gasteiger partial charge in [0.15, 0.2) is 9.84 Å². The number of rotatable bonds is 4. The fourth-order valence-electron chi connectivity index (χ4n) is 4.24. The molecule has 2 fully saturated rings. The van der Waals surface area contributed by atoms with Crippen molar-refractivity contribution in [2.24, 2.45) is 0 Å². The van der Waals surface area contributed by atoms with E-state index in [4.69, 9.17) is 4.42 Å². The van der Waals surface area contributed by atoms with E-state index in [1.54, 1.807) is 12.3 Å². The van der Waals surface area contributed by atoms with Crippen molar-refractivity contribution >= 4 is 31.4 Å². The van der Waals surface area contributed by atoms with Crippen molar-refractivity contribution in [2.45, 2.75) is 19.0 Å². The summed E-state index contributed by atoms with van der Waals surface area (Å²) in [4.78, 5) is 25.5. The predicted molar refractivity (Wildman–Crippen MR) is 112 cm³/mol. The first-order valence-corrected chi connectivity index (χ1v) is 12.4. The van der Waals surface area contributed by atoms with E-state index in [0.717, 1.165) is 38.2 Å². The Hall–Kier alpha value is -2.01. The molecule has 0 amide bonds. The lowest BCUT2D eigenvalue weighted by molar-refractivity contribution is 0.0984. The summed E-state index contributed by atoms with van der Waals surface area (Å²) in [5, 5.41) is 2.48. The molecule has 0 bridgehead atoms. The molecule has 5 rings (SSSR count). The van der Waals surface area contributed by atoms with Gasteiger partial charge in [0.2, 0.25) is 0 Å². The number of hydrogen-bond acceptors (Lipinski definition) is 8. The number of nitrogens with one attached hydrogen (secondary N) is 1. The Morgan fingerprint density at radius 1 is 1.28 bits per heavy atom. The topological polar surface area (TPSA) is 99.5 Å². The maximum absolute atomic E-state index is 12.7. The van der Waals surface area contributed by atoms with Crippen LogP contribution in [-0.4, -0.2) is 71.9 Å². The zero-order valence-electron chi connectivity index (χ0n) is 15.8. The normalized spacial score (nSPS) is 23.1. The third kappa shape index (κ3) is 3.77. The first-order valence-electron chi connectivity index (χ1n) is 9.70. The van der Waals surface area contributed by atoms with Crippen LogP contribution in [0.2, 0.25) is 0 Å². The summed E-state index contributed by atoms with van der Waals surface area (Å²) >= 11 is 1.44. The van der Waals surface area contributed by atoms with Crippen molar-refractivity contribution in [3.63, 3.8) is 0 Å². The summed E-state index contributed by atoms with van der Waals surface area (Å²) in [5.74, 6) is 1.92. The van der Waals surface area contributed by atoms with Crippen LogP contribution in [0.5, 0.6) is 0 Å². The second-order valence-electron chi connectivity index (χ2n) is 7.69. The monoisotopic (exact) mass is 434 g/mol. The van der Waals surface area contributed by atoms with Gasteiger partial charge in [0.25, 0.3) is 5.56 Å². The molecule has 2 aliphatic rings. The standard InChI is InChI=1S/C19H22N4O4S2/c24-18-17-14(15-2-1-8-27-15)11-28-19(17)21-16(20-18)10-22-4-6-23(7-5-22)13-3-9-29(25,26)12-13/h1-2,8,11,13H,3-7,9-10,12H2,(H,20,21,24)/t13-/m1/s1. The number of piperazine rings is 1. The average molecular weight is 435 g/mol. The minimum Gasteiger partial charge on any atom is -0.464 e. The van der Waals surface area contributed by atoms with Gasteiger partial charge in [-0.3, -0.25) is 14.6 Å². The van der Waals surface area contributed by atoms with E-state index in [0.29, 0.717) is 34.1 Å². The summed E-state index contributed by atoms with van der Waals surface area (Å²) in [6.45, 7) is 3.93. The largest absolute Gasteiger partial charge is 0.464 e. The number of nitrogens with zero attached hydrogens (tertiary/aromatic N) is 3. The lowest BCUT2D eigenvalue weighted by atomic mass is 10.2. The first kappa shape index (κ1) is 19.0. The summed E-state index contributed by atoms with van der Waals surface area (Å²) < 4.78 is 28.9. The highest BCUT2D eigenvalue weighted by molar-refractivity contribution is 7.91. The molecule has 8 nitrogen and oxygen atoms in total. The van der Waals surface area contributed by atoms with Crippen LogP contribution in [0.3, 0.4) is 0 Å². The van der Waals surface area contributed by atoms with E-state index >= 15 is 0 Å². The fraction of sp³-hybridized carbons (Fsp3) is 0.474. The molecule has 0 aliphatic carbocycles. The fourth-order valence-corrected chi connectivity index (χ4v) is 6.95. The van der Waals surface area contributed by atoms with E-state index in [1.807, 2.05) is 11.4 Å². The third-order valence-corrected chi connectivity index (χ3v) is 8.41. The van der Waals surface area contributed by atoms with E-state index in [9.17, 15) is 13.2 Å². The lowest BCUT2D eigenvalue weighted by Gasteiger charge is -2.37. The van der Waals surface area contributed by atoms with Gasteiger partial charge >= 0.3 is 0 Å². The molecule has 3 aromatic heterocycles. The Kier molecular flexibility index (Phi) is 4.81. The molecular weight excluding hydrogens is 412 g/mol. The number of sulfone groups is 1. The van der Waals surface area contributed by atoms with Crippen LogP contribution < -0.4 is 5.56 Å². The van der Waals surface area contributed by atoms with E-state index in [2.05, 4.69) is 19.8 Å². The molecule has 0 aromatic carbocycles. The summed E-state index contributed by atoms with van der Waals surface area (Å²) in [6, 6.07) is 3.79. The van der Waals surface area contributed by atoms with Crippen LogP contribution in [-0.2, 0) is 16.4 Å². The van der Waals surface area contributed by atoms with Crippen LogP contribution in [0.25, 0.3) is 21.5 Å². The van der Waals surface area contributed by atoms with Crippen molar-refractivity contribution in [3.05, 3.63) is 40.0 Å². The minimum absolute atomic E-state index is 0.146. The molecule has 2 aliphatic heterocycles. The number of aromatic nitrogens is 2. The van der Waals surface area contributed by atoms with Crippen molar-refractivity contribution < 1.29 is 12.8 Å². The molecule has 154 valence electrons. The van der Waals surface area contributed by atoms with Gasteiger partial charge in [0.1, 0.15) is 16.4 Å². The van der Waals surface area contributed by atoms with Crippen molar-refractivity contribution in [1.82, 2.24) is 19.8 Å².